The van der Waals surface area contributed by atoms with Crippen LogP contribution in [0.1, 0.15) is 16.7 Å². The van der Waals surface area contributed by atoms with E-state index in [9.17, 15) is 14.3 Å². The largest absolute Gasteiger partial charge is 0.508 e. The van der Waals surface area contributed by atoms with Crippen LogP contribution in [0.15, 0.2) is 101 Å². The zero-order valence-electron chi connectivity index (χ0n) is 16.9. The summed E-state index contributed by atoms with van der Waals surface area (Å²) in [5, 5.41) is 9.62. The second kappa shape index (κ2) is 8.07. The second-order valence-corrected chi connectivity index (χ2v) is 7.48. The smallest absolute Gasteiger partial charge is 0.282 e. The van der Waals surface area contributed by atoms with Crippen LogP contribution in [0.4, 0.5) is 4.39 Å². The number of aromatic hydroxyl groups is 1. The number of halogens is 1. The van der Waals surface area contributed by atoms with Gasteiger partial charge in [-0.05, 0) is 53.6 Å². The standard InChI is InChI=1S/C26H18FN3O2/c27-20-8-4-7-18(13-20)15-23-26(32)30-16-24(19-9-11-21(31)12-10-19)28-22(25(30)29-23)14-17-5-2-1-3-6-17/h1-13,15-16,31H,14H2/b23-15-. The van der Waals surface area contributed by atoms with Crippen LogP contribution < -0.4 is 0 Å². The summed E-state index contributed by atoms with van der Waals surface area (Å²) in [6, 6.07) is 22.5. The summed E-state index contributed by atoms with van der Waals surface area (Å²) in [6.45, 7) is 0. The van der Waals surface area contributed by atoms with Crippen LogP contribution in [0.2, 0.25) is 0 Å². The van der Waals surface area contributed by atoms with Crippen molar-refractivity contribution in [1.29, 1.82) is 0 Å². The van der Waals surface area contributed by atoms with Gasteiger partial charge in [0.15, 0.2) is 5.84 Å². The van der Waals surface area contributed by atoms with Gasteiger partial charge in [-0.15, -0.1) is 0 Å². The Balaban J connectivity index is 1.58. The Morgan fingerprint density at radius 1 is 0.938 bits per heavy atom. The van der Waals surface area contributed by atoms with E-state index in [-0.39, 0.29) is 23.2 Å². The molecular weight excluding hydrogens is 405 g/mol. The van der Waals surface area contributed by atoms with E-state index in [4.69, 9.17) is 4.99 Å². The molecule has 0 unspecified atom stereocenters. The van der Waals surface area contributed by atoms with Crippen molar-refractivity contribution in [2.45, 2.75) is 6.42 Å². The number of phenolic OH excluding ortho intramolecular Hbond substituents is 1. The van der Waals surface area contributed by atoms with Gasteiger partial charge in [0.1, 0.15) is 17.3 Å². The molecule has 2 aliphatic heterocycles. The van der Waals surface area contributed by atoms with E-state index in [2.05, 4.69) is 4.99 Å². The number of nitrogens with zero attached hydrogens (tertiary/aromatic N) is 3. The summed E-state index contributed by atoms with van der Waals surface area (Å²) >= 11 is 0. The van der Waals surface area contributed by atoms with Gasteiger partial charge in [0, 0.05) is 18.2 Å². The highest BCUT2D eigenvalue weighted by atomic mass is 19.1. The van der Waals surface area contributed by atoms with E-state index in [1.165, 1.54) is 17.0 Å². The van der Waals surface area contributed by atoms with E-state index in [0.29, 0.717) is 29.2 Å². The van der Waals surface area contributed by atoms with E-state index < -0.39 is 0 Å². The van der Waals surface area contributed by atoms with Crippen LogP contribution in [-0.2, 0) is 11.2 Å². The molecule has 2 aliphatic rings. The Labute approximate surface area is 184 Å². The van der Waals surface area contributed by atoms with Gasteiger partial charge in [-0.3, -0.25) is 9.69 Å². The van der Waals surface area contributed by atoms with E-state index in [1.54, 1.807) is 48.7 Å². The molecule has 1 N–H and O–H groups in total. The molecule has 0 radical (unpaired) electrons. The highest BCUT2D eigenvalue weighted by Gasteiger charge is 2.35. The van der Waals surface area contributed by atoms with Crippen molar-refractivity contribution in [3.8, 4) is 5.75 Å². The van der Waals surface area contributed by atoms with E-state index >= 15 is 0 Å². The quantitative estimate of drug-likeness (QED) is 0.612. The summed E-state index contributed by atoms with van der Waals surface area (Å²) in [7, 11) is 0. The minimum absolute atomic E-state index is 0.151. The van der Waals surface area contributed by atoms with Gasteiger partial charge in [0.2, 0.25) is 0 Å². The molecule has 3 aromatic rings. The second-order valence-electron chi connectivity index (χ2n) is 7.48. The highest BCUT2D eigenvalue weighted by Crippen LogP contribution is 2.29. The van der Waals surface area contributed by atoms with Crippen molar-refractivity contribution in [2.75, 3.05) is 0 Å². The predicted molar refractivity (Wildman–Crippen MR) is 122 cm³/mol. The fraction of sp³-hybridized carbons (Fsp3) is 0.0385. The lowest BCUT2D eigenvalue weighted by molar-refractivity contribution is -0.120. The van der Waals surface area contributed by atoms with Crippen LogP contribution in [0.25, 0.3) is 11.8 Å². The van der Waals surface area contributed by atoms with Crippen molar-refractivity contribution in [1.82, 2.24) is 4.90 Å². The molecule has 5 rings (SSSR count). The fourth-order valence-electron chi connectivity index (χ4n) is 3.63. The molecule has 0 atom stereocenters. The lowest BCUT2D eigenvalue weighted by Gasteiger charge is -2.22. The first-order chi connectivity index (χ1) is 15.6. The molecule has 0 saturated carbocycles. The SMILES string of the molecule is O=C1/C(=C/c2cccc(F)c2)N=C2C(Cc3ccccc3)=NC(c3ccc(O)cc3)=CN12. The zero-order chi connectivity index (χ0) is 22.1. The van der Waals surface area contributed by atoms with Gasteiger partial charge < -0.3 is 5.11 Å². The van der Waals surface area contributed by atoms with E-state index in [1.807, 2.05) is 30.3 Å². The number of phenols is 1. The first-order valence-electron chi connectivity index (χ1n) is 10.1. The first kappa shape index (κ1) is 19.6. The van der Waals surface area contributed by atoms with Crippen molar-refractivity contribution in [3.63, 3.8) is 0 Å². The topological polar surface area (TPSA) is 65.3 Å². The van der Waals surface area contributed by atoms with Crippen LogP contribution >= 0.6 is 0 Å². The van der Waals surface area contributed by atoms with Gasteiger partial charge in [0.25, 0.3) is 5.91 Å². The van der Waals surface area contributed by atoms with Crippen LogP contribution in [0.3, 0.4) is 0 Å². The number of hydrogen-bond donors (Lipinski definition) is 1. The summed E-state index contributed by atoms with van der Waals surface area (Å²) in [6.07, 6.45) is 3.71. The molecule has 2 heterocycles. The maximum Gasteiger partial charge on any atom is 0.282 e. The maximum absolute atomic E-state index is 13.6. The molecule has 0 aliphatic carbocycles. The molecular formula is C26H18FN3O2. The minimum atomic E-state index is -0.379. The number of aliphatic imine (C=N–C) groups is 2. The number of fused-ring (bicyclic) bond motifs is 1. The number of hydrogen-bond acceptors (Lipinski definition) is 4. The molecule has 32 heavy (non-hydrogen) atoms. The summed E-state index contributed by atoms with van der Waals surface area (Å²) in [5.74, 6) is -0.0699. The predicted octanol–water partition coefficient (Wildman–Crippen LogP) is 4.81. The third-order valence-corrected chi connectivity index (χ3v) is 5.19. The molecule has 0 aromatic heterocycles. The van der Waals surface area contributed by atoms with Crippen molar-refractivity contribution >= 4 is 29.2 Å². The summed E-state index contributed by atoms with van der Waals surface area (Å²) < 4.78 is 13.6. The molecule has 3 aromatic carbocycles. The third-order valence-electron chi connectivity index (χ3n) is 5.19. The summed E-state index contributed by atoms with van der Waals surface area (Å²) in [5.41, 5.74) is 3.82. The van der Waals surface area contributed by atoms with Crippen LogP contribution in [0.5, 0.6) is 5.75 Å². The number of amidine groups is 1. The lowest BCUT2D eigenvalue weighted by atomic mass is 10.0. The monoisotopic (exact) mass is 423 g/mol. The van der Waals surface area contributed by atoms with Crippen molar-refractivity contribution in [3.05, 3.63) is 113 Å². The Bertz CT molecular complexity index is 1320. The molecule has 0 bridgehead atoms. The average molecular weight is 423 g/mol. The van der Waals surface area contributed by atoms with E-state index in [0.717, 1.165) is 11.1 Å². The molecule has 6 heteroatoms. The molecule has 5 nitrogen and oxygen atoms in total. The first-order valence-corrected chi connectivity index (χ1v) is 10.1. The average Bonchev–Trinajstić information content (AvgIpc) is 3.11. The lowest BCUT2D eigenvalue weighted by Crippen LogP contribution is -2.36. The number of rotatable bonds is 4. The highest BCUT2D eigenvalue weighted by molar-refractivity contribution is 6.48. The normalized spacial score (nSPS) is 16.5. The number of amides is 1. The molecule has 1 amide bonds. The molecule has 156 valence electrons. The fourth-order valence-corrected chi connectivity index (χ4v) is 3.63. The molecule has 0 spiro atoms. The van der Waals surface area contributed by atoms with Crippen LogP contribution in [0, 0.1) is 5.82 Å². The van der Waals surface area contributed by atoms with Gasteiger partial charge in [-0.1, -0.05) is 42.5 Å². The van der Waals surface area contributed by atoms with Gasteiger partial charge >= 0.3 is 0 Å². The Morgan fingerprint density at radius 3 is 2.47 bits per heavy atom. The maximum atomic E-state index is 13.6. The number of carbonyl (C=O) groups is 1. The van der Waals surface area contributed by atoms with Gasteiger partial charge in [0.05, 0.1) is 11.4 Å². The molecule has 0 fully saturated rings. The molecule has 0 saturated heterocycles. The Kier molecular flexibility index (Phi) is 4.95. The van der Waals surface area contributed by atoms with Gasteiger partial charge in [-0.2, -0.15) is 0 Å². The zero-order valence-corrected chi connectivity index (χ0v) is 16.9. The Morgan fingerprint density at radius 2 is 1.72 bits per heavy atom. The minimum Gasteiger partial charge on any atom is -0.508 e. The van der Waals surface area contributed by atoms with Gasteiger partial charge in [-0.25, -0.2) is 14.4 Å². The summed E-state index contributed by atoms with van der Waals surface area (Å²) in [4.78, 5) is 24.0. The van der Waals surface area contributed by atoms with Crippen molar-refractivity contribution < 1.29 is 14.3 Å². The Hall–Kier alpha value is -4.32. The third kappa shape index (κ3) is 3.86. The van der Waals surface area contributed by atoms with Crippen LogP contribution in [-0.4, -0.2) is 27.5 Å². The van der Waals surface area contributed by atoms with Crippen molar-refractivity contribution in [2.24, 2.45) is 9.98 Å². The number of carbonyl (C=O) groups excluding carboxylic acids is 1. The number of benzene rings is 3.